The zero-order chi connectivity index (χ0) is 26.8. The van der Waals surface area contributed by atoms with Gasteiger partial charge in [-0.25, -0.2) is 4.79 Å². The molecule has 1 heterocycles. The topological polar surface area (TPSA) is 92.8 Å². The summed E-state index contributed by atoms with van der Waals surface area (Å²) in [7, 11) is 0. The fourth-order valence-corrected chi connectivity index (χ4v) is 7.01. The highest BCUT2D eigenvalue weighted by molar-refractivity contribution is 8.04. The van der Waals surface area contributed by atoms with Gasteiger partial charge < -0.3 is 20.7 Å². The van der Waals surface area contributed by atoms with Crippen molar-refractivity contribution in [2.75, 3.05) is 5.73 Å². The summed E-state index contributed by atoms with van der Waals surface area (Å²) in [6.07, 6.45) is 7.27. The van der Waals surface area contributed by atoms with Gasteiger partial charge in [-0.05, 0) is 84.4 Å². The van der Waals surface area contributed by atoms with Crippen LogP contribution in [0.4, 0.5) is 5.69 Å². The van der Waals surface area contributed by atoms with Gasteiger partial charge in [-0.1, -0.05) is 70.0 Å². The van der Waals surface area contributed by atoms with Crippen LogP contribution in [0.15, 0.2) is 52.0 Å². The molecule has 37 heavy (non-hydrogen) atoms. The smallest absolute Gasteiger partial charge is 0.349 e. The summed E-state index contributed by atoms with van der Waals surface area (Å²) >= 11 is 1.29. The number of carbonyl (C=O) groups is 1. The zero-order valence-corrected chi connectivity index (χ0v) is 23.4. The third-order valence-corrected chi connectivity index (χ3v) is 9.17. The van der Waals surface area contributed by atoms with Gasteiger partial charge in [0.1, 0.15) is 16.3 Å². The molecule has 2 aromatic rings. The quantitative estimate of drug-likeness (QED) is 0.264. The molecule has 5 nitrogen and oxygen atoms in total. The summed E-state index contributed by atoms with van der Waals surface area (Å²) in [4.78, 5) is 14.8. The normalized spacial score (nSPS) is 21.3. The number of anilines is 1. The number of hydrogen-bond acceptors (Lipinski definition) is 6. The number of cyclic esters (lactones) is 1. The zero-order valence-electron chi connectivity index (χ0n) is 22.6. The highest BCUT2D eigenvalue weighted by atomic mass is 32.2. The van der Waals surface area contributed by atoms with E-state index >= 15 is 0 Å². The molecule has 0 aromatic heterocycles. The Balaban J connectivity index is 1.65. The summed E-state index contributed by atoms with van der Waals surface area (Å²) < 4.78 is 6.37. The molecule has 1 fully saturated rings. The van der Waals surface area contributed by atoms with Crippen LogP contribution in [0.1, 0.15) is 88.0 Å². The van der Waals surface area contributed by atoms with E-state index in [1.165, 1.54) is 18.2 Å². The number of aliphatic hydroxyl groups excluding tert-OH is 2. The maximum atomic E-state index is 13.6. The van der Waals surface area contributed by atoms with Crippen molar-refractivity contribution in [1.29, 1.82) is 0 Å². The molecule has 2 aliphatic rings. The number of nitrogen functional groups attached to an aromatic ring is 1. The van der Waals surface area contributed by atoms with Crippen LogP contribution in [0, 0.1) is 12.8 Å². The van der Waals surface area contributed by atoms with Crippen molar-refractivity contribution in [2.24, 2.45) is 5.92 Å². The van der Waals surface area contributed by atoms with Crippen LogP contribution < -0.4 is 5.73 Å². The van der Waals surface area contributed by atoms with Crippen molar-refractivity contribution >= 4 is 23.4 Å². The second kappa shape index (κ2) is 11.1. The number of aliphatic hydroxyl groups is 2. The van der Waals surface area contributed by atoms with Crippen molar-refractivity contribution in [3.63, 3.8) is 0 Å². The molecule has 2 aromatic carbocycles. The van der Waals surface area contributed by atoms with Gasteiger partial charge in [-0.3, -0.25) is 0 Å². The number of nitrogens with two attached hydrogens (primary N) is 1. The number of rotatable bonds is 7. The summed E-state index contributed by atoms with van der Waals surface area (Å²) in [5, 5.41) is 21.2. The minimum absolute atomic E-state index is 0.0340. The standard InChI is InChI=1S/C31H41NO4S/c1-20-16-27(25(30(2,3)4)17-22(20)19-33)37-28-26(34)18-31(36-29(28)35,23-8-6-5-7-9-23)15-14-21-10-12-24(32)13-11-21/h10-13,16-17,23,33-34H,5-9,14-15,18-19,32H2,1-4H3. The molecule has 200 valence electrons. The fourth-order valence-electron chi connectivity index (χ4n) is 5.77. The Hall–Kier alpha value is -2.44. The number of hydrogen-bond donors (Lipinski definition) is 3. The highest BCUT2D eigenvalue weighted by Crippen LogP contribution is 2.48. The average molecular weight is 524 g/mol. The van der Waals surface area contributed by atoms with E-state index in [0.717, 1.165) is 64.9 Å². The molecular weight excluding hydrogens is 482 g/mol. The Morgan fingerprint density at radius 1 is 1.11 bits per heavy atom. The third-order valence-electron chi connectivity index (χ3n) is 8.00. The van der Waals surface area contributed by atoms with Crippen LogP contribution >= 0.6 is 11.8 Å². The van der Waals surface area contributed by atoms with Crippen molar-refractivity contribution in [2.45, 2.75) is 102 Å². The van der Waals surface area contributed by atoms with Crippen LogP contribution in [0.5, 0.6) is 0 Å². The molecule has 4 rings (SSSR count). The summed E-state index contributed by atoms with van der Waals surface area (Å²) in [5.41, 5.74) is 9.72. The van der Waals surface area contributed by atoms with E-state index in [2.05, 4.69) is 20.8 Å². The molecule has 1 atom stereocenters. The van der Waals surface area contributed by atoms with E-state index < -0.39 is 11.6 Å². The van der Waals surface area contributed by atoms with E-state index in [-0.39, 0.29) is 28.6 Å². The second-order valence-electron chi connectivity index (χ2n) is 11.8. The Bertz CT molecular complexity index is 1160. The lowest BCUT2D eigenvalue weighted by molar-refractivity contribution is -0.168. The lowest BCUT2D eigenvalue weighted by Crippen LogP contribution is -2.47. The van der Waals surface area contributed by atoms with Crippen LogP contribution in [-0.2, 0) is 28.0 Å². The molecule has 0 bridgehead atoms. The van der Waals surface area contributed by atoms with Crippen molar-refractivity contribution in [3.8, 4) is 0 Å². The van der Waals surface area contributed by atoms with Crippen LogP contribution in [0.3, 0.4) is 0 Å². The Morgan fingerprint density at radius 3 is 2.38 bits per heavy atom. The van der Waals surface area contributed by atoms with Crippen molar-refractivity contribution < 1.29 is 19.7 Å². The number of thioether (sulfide) groups is 1. The highest BCUT2D eigenvalue weighted by Gasteiger charge is 2.47. The lowest BCUT2D eigenvalue weighted by atomic mass is 9.71. The number of carbonyl (C=O) groups excluding carboxylic acids is 1. The largest absolute Gasteiger partial charge is 0.511 e. The minimum atomic E-state index is -0.698. The molecule has 4 N–H and O–H groups in total. The van der Waals surface area contributed by atoms with E-state index in [0.29, 0.717) is 12.8 Å². The van der Waals surface area contributed by atoms with Gasteiger partial charge in [0.2, 0.25) is 0 Å². The molecule has 0 amide bonds. The average Bonchev–Trinajstić information content (AvgIpc) is 2.86. The van der Waals surface area contributed by atoms with Crippen molar-refractivity contribution in [3.05, 3.63) is 69.3 Å². The predicted molar refractivity (Wildman–Crippen MR) is 151 cm³/mol. The monoisotopic (exact) mass is 523 g/mol. The molecule has 0 saturated heterocycles. The van der Waals surface area contributed by atoms with E-state index in [9.17, 15) is 15.0 Å². The Kier molecular flexibility index (Phi) is 8.29. The van der Waals surface area contributed by atoms with Gasteiger partial charge in [-0.15, -0.1) is 0 Å². The maximum Gasteiger partial charge on any atom is 0.349 e. The first-order chi connectivity index (χ1) is 17.5. The number of benzene rings is 2. The number of esters is 1. The van der Waals surface area contributed by atoms with E-state index in [4.69, 9.17) is 10.5 Å². The Labute approximate surface area is 225 Å². The first-order valence-electron chi connectivity index (χ1n) is 13.4. The van der Waals surface area contributed by atoms with Gasteiger partial charge in [-0.2, -0.15) is 0 Å². The molecule has 1 aliphatic heterocycles. The summed E-state index contributed by atoms with van der Waals surface area (Å²) in [5.74, 6) is -0.0582. The van der Waals surface area contributed by atoms with Gasteiger partial charge in [0.05, 0.1) is 6.61 Å². The van der Waals surface area contributed by atoms with E-state index in [1.54, 1.807) is 0 Å². The molecule has 1 unspecified atom stereocenters. The van der Waals surface area contributed by atoms with Gasteiger partial charge in [0.15, 0.2) is 0 Å². The van der Waals surface area contributed by atoms with Crippen LogP contribution in [-0.4, -0.2) is 21.8 Å². The van der Waals surface area contributed by atoms with Gasteiger partial charge in [0.25, 0.3) is 0 Å². The Morgan fingerprint density at radius 2 is 1.78 bits per heavy atom. The SMILES string of the molecule is Cc1cc(SC2=C(O)CC(CCc3ccc(N)cc3)(C3CCCCC3)OC2=O)c(C(C)(C)C)cc1CO. The number of aryl methyl sites for hydroxylation is 2. The van der Waals surface area contributed by atoms with Gasteiger partial charge in [0, 0.05) is 17.0 Å². The molecule has 6 heteroatoms. The summed E-state index contributed by atoms with van der Waals surface area (Å²) in [6.45, 7) is 8.26. The first-order valence-corrected chi connectivity index (χ1v) is 14.3. The summed E-state index contributed by atoms with van der Waals surface area (Å²) in [6, 6.07) is 11.9. The first kappa shape index (κ1) is 27.6. The van der Waals surface area contributed by atoms with Crippen molar-refractivity contribution in [1.82, 2.24) is 0 Å². The minimum Gasteiger partial charge on any atom is -0.511 e. The third kappa shape index (κ3) is 6.18. The second-order valence-corrected chi connectivity index (χ2v) is 12.8. The number of ether oxygens (including phenoxy) is 1. The molecule has 0 radical (unpaired) electrons. The molecule has 1 saturated carbocycles. The van der Waals surface area contributed by atoms with E-state index in [1.807, 2.05) is 43.3 Å². The maximum absolute atomic E-state index is 13.6. The predicted octanol–water partition coefficient (Wildman–Crippen LogP) is 7.13. The van der Waals surface area contributed by atoms with Crippen LogP contribution in [0.2, 0.25) is 0 Å². The molecule has 0 spiro atoms. The molecular formula is C31H41NO4S. The molecule has 1 aliphatic carbocycles. The van der Waals surface area contributed by atoms with Crippen LogP contribution in [0.25, 0.3) is 0 Å². The fraction of sp³-hybridized carbons (Fsp3) is 0.516. The lowest BCUT2D eigenvalue weighted by Gasteiger charge is -2.44. The van der Waals surface area contributed by atoms with Gasteiger partial charge >= 0.3 is 5.97 Å².